The van der Waals surface area contributed by atoms with Crippen LogP contribution in [0.3, 0.4) is 0 Å². The minimum Gasteiger partial charge on any atom is -0.438 e. The number of ether oxygens (including phenoxy) is 1. The number of hydrogen-bond donors (Lipinski definition) is 1. The van der Waals surface area contributed by atoms with E-state index in [9.17, 15) is 0 Å². The fraction of sp³-hybridized carbons (Fsp3) is 0. The first-order valence-electron chi connectivity index (χ1n) is 7.13. The summed E-state index contributed by atoms with van der Waals surface area (Å²) in [6, 6.07) is 18.9. The highest BCUT2D eigenvalue weighted by Crippen LogP contribution is 2.32. The maximum absolute atomic E-state index is 5.83. The number of rotatable bonds is 3. The van der Waals surface area contributed by atoms with Gasteiger partial charge in [-0.1, -0.05) is 30.3 Å². The van der Waals surface area contributed by atoms with Gasteiger partial charge in [0.25, 0.3) is 0 Å². The van der Waals surface area contributed by atoms with Crippen molar-refractivity contribution >= 4 is 16.8 Å². The number of furan rings is 1. The summed E-state index contributed by atoms with van der Waals surface area (Å²) in [5, 5.41) is 0.725. The summed E-state index contributed by atoms with van der Waals surface area (Å²) in [7, 11) is 0. The third kappa shape index (κ3) is 2.60. The monoisotopic (exact) mass is 303 g/mol. The van der Waals surface area contributed by atoms with Crippen molar-refractivity contribution in [2.24, 2.45) is 0 Å². The molecule has 0 bridgehead atoms. The van der Waals surface area contributed by atoms with Crippen molar-refractivity contribution in [2.75, 3.05) is 5.73 Å². The smallest absolute Gasteiger partial charge is 0.233 e. The van der Waals surface area contributed by atoms with Gasteiger partial charge in [0.15, 0.2) is 0 Å². The molecule has 23 heavy (non-hydrogen) atoms. The molecule has 0 fully saturated rings. The standard InChI is InChI=1S/C18H13N3O2/c19-13-6-8-14(9-7-13)22-17-15-10-16(12-4-2-1-3-5-12)23-18(15)21-11-20-17/h1-11H,19H2. The quantitative estimate of drug-likeness (QED) is 0.572. The maximum Gasteiger partial charge on any atom is 0.233 e. The second kappa shape index (κ2) is 5.46. The summed E-state index contributed by atoms with van der Waals surface area (Å²) in [5.41, 5.74) is 7.83. The summed E-state index contributed by atoms with van der Waals surface area (Å²) in [5.74, 6) is 1.83. The number of anilines is 1. The van der Waals surface area contributed by atoms with Crippen LogP contribution in [0.1, 0.15) is 0 Å². The van der Waals surface area contributed by atoms with Gasteiger partial charge < -0.3 is 14.9 Å². The fourth-order valence-corrected chi connectivity index (χ4v) is 2.31. The van der Waals surface area contributed by atoms with Gasteiger partial charge in [-0.05, 0) is 30.3 Å². The molecule has 112 valence electrons. The summed E-state index contributed by atoms with van der Waals surface area (Å²) in [6.45, 7) is 0. The average Bonchev–Trinajstić information content (AvgIpc) is 3.03. The molecule has 5 nitrogen and oxygen atoms in total. The second-order valence-corrected chi connectivity index (χ2v) is 5.05. The van der Waals surface area contributed by atoms with Crippen LogP contribution in [-0.2, 0) is 0 Å². The van der Waals surface area contributed by atoms with E-state index in [0.29, 0.717) is 23.0 Å². The summed E-state index contributed by atoms with van der Waals surface area (Å²) < 4.78 is 11.6. The first kappa shape index (κ1) is 13.3. The zero-order chi connectivity index (χ0) is 15.6. The van der Waals surface area contributed by atoms with Crippen LogP contribution in [0.2, 0.25) is 0 Å². The Morgan fingerprint density at radius 1 is 0.913 bits per heavy atom. The minimum atomic E-state index is 0.450. The molecular formula is C18H13N3O2. The molecule has 0 atom stereocenters. The number of benzene rings is 2. The number of hydrogen-bond acceptors (Lipinski definition) is 5. The second-order valence-electron chi connectivity index (χ2n) is 5.05. The highest BCUT2D eigenvalue weighted by atomic mass is 16.5. The normalized spacial score (nSPS) is 10.8. The molecule has 2 N–H and O–H groups in total. The van der Waals surface area contributed by atoms with E-state index in [-0.39, 0.29) is 0 Å². The Kier molecular flexibility index (Phi) is 3.16. The van der Waals surface area contributed by atoms with Crippen LogP contribution in [0.5, 0.6) is 11.6 Å². The van der Waals surface area contributed by atoms with Gasteiger partial charge in [0.05, 0.1) is 0 Å². The van der Waals surface area contributed by atoms with E-state index in [2.05, 4.69) is 9.97 Å². The maximum atomic E-state index is 5.83. The molecule has 4 rings (SSSR count). The zero-order valence-corrected chi connectivity index (χ0v) is 12.1. The Labute approximate surface area is 132 Å². The molecule has 4 aromatic rings. The van der Waals surface area contributed by atoms with E-state index in [1.165, 1.54) is 6.33 Å². The van der Waals surface area contributed by atoms with Crippen LogP contribution in [0.15, 0.2) is 71.4 Å². The number of nitrogen functional groups attached to an aromatic ring is 1. The van der Waals surface area contributed by atoms with Gasteiger partial charge in [0, 0.05) is 11.3 Å². The van der Waals surface area contributed by atoms with Gasteiger partial charge in [0.1, 0.15) is 23.2 Å². The van der Waals surface area contributed by atoms with E-state index < -0.39 is 0 Å². The highest BCUT2D eigenvalue weighted by molar-refractivity contribution is 5.84. The van der Waals surface area contributed by atoms with Crippen LogP contribution >= 0.6 is 0 Å². The molecule has 2 aromatic heterocycles. The Hall–Kier alpha value is -3.34. The first-order chi connectivity index (χ1) is 11.3. The molecule has 0 radical (unpaired) electrons. The predicted octanol–water partition coefficient (Wildman–Crippen LogP) is 4.26. The van der Waals surface area contributed by atoms with Crippen molar-refractivity contribution in [2.45, 2.75) is 0 Å². The Bertz CT molecular complexity index is 947. The van der Waals surface area contributed by atoms with Gasteiger partial charge in [0.2, 0.25) is 11.6 Å². The van der Waals surface area contributed by atoms with Gasteiger partial charge in [-0.15, -0.1) is 0 Å². The van der Waals surface area contributed by atoms with Crippen LogP contribution in [0.4, 0.5) is 5.69 Å². The van der Waals surface area contributed by atoms with E-state index in [0.717, 1.165) is 16.7 Å². The van der Waals surface area contributed by atoms with E-state index in [1.807, 2.05) is 36.4 Å². The molecule has 0 aliphatic carbocycles. The molecule has 5 heteroatoms. The number of nitrogens with two attached hydrogens (primary N) is 1. The first-order valence-corrected chi connectivity index (χ1v) is 7.13. The Balaban J connectivity index is 1.75. The Morgan fingerprint density at radius 3 is 2.48 bits per heavy atom. The molecule has 0 aliphatic rings. The molecule has 0 saturated heterocycles. The van der Waals surface area contributed by atoms with Crippen molar-refractivity contribution < 1.29 is 9.15 Å². The van der Waals surface area contributed by atoms with Crippen LogP contribution < -0.4 is 10.5 Å². The average molecular weight is 303 g/mol. The van der Waals surface area contributed by atoms with Gasteiger partial charge >= 0.3 is 0 Å². The van der Waals surface area contributed by atoms with Crippen molar-refractivity contribution in [1.82, 2.24) is 9.97 Å². The van der Waals surface area contributed by atoms with Crippen molar-refractivity contribution in [3.05, 3.63) is 67.0 Å². The summed E-state index contributed by atoms with van der Waals surface area (Å²) in [4.78, 5) is 8.37. The summed E-state index contributed by atoms with van der Waals surface area (Å²) in [6.07, 6.45) is 1.42. The zero-order valence-electron chi connectivity index (χ0n) is 12.1. The lowest BCUT2D eigenvalue weighted by atomic mass is 10.2. The molecular weight excluding hydrogens is 290 g/mol. The number of nitrogens with zero attached hydrogens (tertiary/aromatic N) is 2. The van der Waals surface area contributed by atoms with Crippen LogP contribution in [0, 0.1) is 0 Å². The van der Waals surface area contributed by atoms with Crippen molar-refractivity contribution in [3.8, 4) is 23.0 Å². The molecule has 0 unspecified atom stereocenters. The highest BCUT2D eigenvalue weighted by Gasteiger charge is 2.13. The van der Waals surface area contributed by atoms with Gasteiger partial charge in [-0.2, -0.15) is 0 Å². The van der Waals surface area contributed by atoms with Crippen molar-refractivity contribution in [3.63, 3.8) is 0 Å². The van der Waals surface area contributed by atoms with Crippen LogP contribution in [0.25, 0.3) is 22.4 Å². The van der Waals surface area contributed by atoms with E-state index in [4.69, 9.17) is 14.9 Å². The van der Waals surface area contributed by atoms with Crippen LogP contribution in [-0.4, -0.2) is 9.97 Å². The van der Waals surface area contributed by atoms with Crippen molar-refractivity contribution in [1.29, 1.82) is 0 Å². The lowest BCUT2D eigenvalue weighted by Crippen LogP contribution is -1.90. The molecule has 2 heterocycles. The third-order valence-corrected chi connectivity index (χ3v) is 3.45. The topological polar surface area (TPSA) is 74.2 Å². The fourth-order valence-electron chi connectivity index (χ4n) is 2.31. The molecule has 0 amide bonds. The molecule has 0 saturated carbocycles. The predicted molar refractivity (Wildman–Crippen MR) is 88.2 cm³/mol. The molecule has 0 spiro atoms. The van der Waals surface area contributed by atoms with Gasteiger partial charge in [-0.25, -0.2) is 9.97 Å². The molecule has 0 aliphatic heterocycles. The summed E-state index contributed by atoms with van der Waals surface area (Å²) >= 11 is 0. The molecule has 2 aromatic carbocycles. The Morgan fingerprint density at radius 2 is 1.70 bits per heavy atom. The minimum absolute atomic E-state index is 0.450. The number of fused-ring (bicyclic) bond motifs is 1. The lowest BCUT2D eigenvalue weighted by molar-refractivity contribution is 0.467. The number of aromatic nitrogens is 2. The van der Waals surface area contributed by atoms with Gasteiger partial charge in [-0.3, -0.25) is 0 Å². The van der Waals surface area contributed by atoms with E-state index >= 15 is 0 Å². The van der Waals surface area contributed by atoms with E-state index in [1.54, 1.807) is 24.3 Å². The lowest BCUT2D eigenvalue weighted by Gasteiger charge is -2.04. The third-order valence-electron chi connectivity index (χ3n) is 3.45. The SMILES string of the molecule is Nc1ccc(Oc2ncnc3oc(-c4ccccc4)cc23)cc1. The largest absolute Gasteiger partial charge is 0.438 e.